The fraction of sp³-hybridized carbons (Fsp3) is 0.925. The van der Waals surface area contributed by atoms with Gasteiger partial charge >= 0.3 is 23.9 Å². The van der Waals surface area contributed by atoms with Gasteiger partial charge in [0.25, 0.3) is 0 Å². The minimum atomic E-state index is -0.445. The molecule has 1 rings (SSSR count). The normalized spacial score (nSPS) is 15.2. The van der Waals surface area contributed by atoms with Gasteiger partial charge in [-0.25, -0.2) is 0 Å². The van der Waals surface area contributed by atoms with E-state index >= 15 is 0 Å². The zero-order chi connectivity index (χ0) is 45.3. The Morgan fingerprint density at radius 3 is 1.49 bits per heavy atom. The molecule has 0 bridgehead atoms. The zero-order valence-corrected chi connectivity index (χ0v) is 41.2. The molecule has 2 atom stereocenters. The SMILES string of the molecule is C.CCCCCCCCCCCOC(=O)CCCCCN1C[C@@H](OC(=O)CCN(C)C)C[C@H]1C(=O)OCCCCCCCC(=O)OC(CCCCCCCC)CCCCCCCC. The first kappa shape index (κ1) is 60.8. The van der Waals surface area contributed by atoms with Crippen molar-refractivity contribution in [3.63, 3.8) is 0 Å². The van der Waals surface area contributed by atoms with Gasteiger partial charge in [0.05, 0.1) is 19.6 Å². The van der Waals surface area contributed by atoms with Crippen molar-refractivity contribution in [2.75, 3.05) is 46.9 Å². The third kappa shape index (κ3) is 36.7. The molecule has 0 amide bonds. The average molecular weight is 895 g/mol. The van der Waals surface area contributed by atoms with Gasteiger partial charge in [0, 0.05) is 32.4 Å². The molecular formula is C53H102N2O8. The summed E-state index contributed by atoms with van der Waals surface area (Å²) in [4.78, 5) is 55.0. The van der Waals surface area contributed by atoms with Gasteiger partial charge in [0.1, 0.15) is 18.2 Å². The number of hydrogen-bond donors (Lipinski definition) is 0. The minimum absolute atomic E-state index is 0. The van der Waals surface area contributed by atoms with Crippen LogP contribution in [0, 0.1) is 0 Å². The predicted octanol–water partition coefficient (Wildman–Crippen LogP) is 13.5. The van der Waals surface area contributed by atoms with Crippen molar-refractivity contribution in [3.05, 3.63) is 0 Å². The van der Waals surface area contributed by atoms with Gasteiger partial charge < -0.3 is 23.8 Å². The first-order valence-corrected chi connectivity index (χ1v) is 26.3. The quantitative estimate of drug-likeness (QED) is 0.0333. The zero-order valence-electron chi connectivity index (χ0n) is 41.2. The van der Waals surface area contributed by atoms with Crippen molar-refractivity contribution in [1.82, 2.24) is 9.80 Å². The molecular weight excluding hydrogens is 793 g/mol. The van der Waals surface area contributed by atoms with Crippen LogP contribution in [0.1, 0.15) is 253 Å². The molecule has 0 spiro atoms. The Hall–Kier alpha value is -2.20. The van der Waals surface area contributed by atoms with E-state index in [4.69, 9.17) is 18.9 Å². The summed E-state index contributed by atoms with van der Waals surface area (Å²) in [6, 6.07) is -0.445. The monoisotopic (exact) mass is 895 g/mol. The van der Waals surface area contributed by atoms with Gasteiger partial charge in [-0.3, -0.25) is 24.1 Å². The van der Waals surface area contributed by atoms with Crippen LogP contribution in [0.15, 0.2) is 0 Å². The van der Waals surface area contributed by atoms with E-state index in [0.29, 0.717) is 58.5 Å². The van der Waals surface area contributed by atoms with E-state index in [0.717, 1.165) is 89.9 Å². The molecule has 0 aliphatic carbocycles. The maximum absolute atomic E-state index is 13.3. The van der Waals surface area contributed by atoms with Gasteiger partial charge in [-0.15, -0.1) is 0 Å². The van der Waals surface area contributed by atoms with Crippen molar-refractivity contribution in [1.29, 1.82) is 0 Å². The molecule has 0 unspecified atom stereocenters. The fourth-order valence-electron chi connectivity index (χ4n) is 8.41. The Morgan fingerprint density at radius 1 is 0.524 bits per heavy atom. The molecule has 10 heteroatoms. The van der Waals surface area contributed by atoms with Gasteiger partial charge in [-0.1, -0.05) is 169 Å². The maximum Gasteiger partial charge on any atom is 0.323 e. The molecule has 0 aromatic rings. The van der Waals surface area contributed by atoms with Crippen molar-refractivity contribution >= 4 is 23.9 Å². The molecule has 0 aromatic carbocycles. The number of likely N-dealkylation sites (tertiary alicyclic amines) is 1. The molecule has 372 valence electrons. The maximum atomic E-state index is 13.3. The van der Waals surface area contributed by atoms with Crippen LogP contribution < -0.4 is 0 Å². The van der Waals surface area contributed by atoms with Crippen molar-refractivity contribution in [3.8, 4) is 0 Å². The van der Waals surface area contributed by atoms with Gasteiger partial charge in [0.2, 0.25) is 0 Å². The van der Waals surface area contributed by atoms with E-state index in [1.165, 1.54) is 109 Å². The first-order chi connectivity index (χ1) is 30.2. The van der Waals surface area contributed by atoms with Crippen LogP contribution in [0.3, 0.4) is 0 Å². The van der Waals surface area contributed by atoms with Crippen molar-refractivity contribution in [2.24, 2.45) is 0 Å². The Bertz CT molecular complexity index is 1070. The summed E-state index contributed by atoms with van der Waals surface area (Å²) in [7, 11) is 3.85. The summed E-state index contributed by atoms with van der Waals surface area (Å²) in [5.74, 6) is -0.671. The van der Waals surface area contributed by atoms with Crippen LogP contribution in [0.25, 0.3) is 0 Å². The standard InChI is InChI=1S/C52H98N2O8.CH4/c1-6-9-12-15-18-19-20-25-33-42-59-49(55)37-31-27-32-40-54-45-47(62-51(57)39-41-53(4)5)44-48(54)52(58)60-43-34-26-21-24-30-38-50(56)61-46(35-28-22-16-13-10-7-2)36-29-23-17-14-11-8-3;/h46-48H,6-45H2,1-5H3;1H4/t47-,48-;/m0./s1. The van der Waals surface area contributed by atoms with Crippen molar-refractivity contribution < 1.29 is 38.1 Å². The highest BCUT2D eigenvalue weighted by molar-refractivity contribution is 5.76. The number of hydrogen-bond acceptors (Lipinski definition) is 10. The van der Waals surface area contributed by atoms with E-state index in [2.05, 4.69) is 25.7 Å². The van der Waals surface area contributed by atoms with Crippen LogP contribution >= 0.6 is 0 Å². The van der Waals surface area contributed by atoms with Crippen LogP contribution in [-0.2, 0) is 38.1 Å². The number of rotatable bonds is 44. The minimum Gasteiger partial charge on any atom is -0.466 e. The Labute approximate surface area is 388 Å². The van der Waals surface area contributed by atoms with E-state index < -0.39 is 6.04 Å². The summed E-state index contributed by atoms with van der Waals surface area (Å²) in [6.45, 7) is 9.41. The fourth-order valence-corrected chi connectivity index (χ4v) is 8.41. The second-order valence-electron chi connectivity index (χ2n) is 18.7. The highest BCUT2D eigenvalue weighted by atomic mass is 16.6. The second kappa shape index (κ2) is 43.7. The molecule has 0 saturated carbocycles. The van der Waals surface area contributed by atoms with E-state index in [-0.39, 0.29) is 43.5 Å². The van der Waals surface area contributed by atoms with E-state index in [1.807, 2.05) is 19.0 Å². The summed E-state index contributed by atoms with van der Waals surface area (Å²) in [6.07, 6.45) is 36.4. The van der Waals surface area contributed by atoms with Crippen LogP contribution in [0.4, 0.5) is 0 Å². The number of unbranched alkanes of at least 4 members (excludes halogenated alkanes) is 24. The van der Waals surface area contributed by atoms with Crippen LogP contribution in [-0.4, -0.2) is 98.9 Å². The highest BCUT2D eigenvalue weighted by Crippen LogP contribution is 2.24. The lowest BCUT2D eigenvalue weighted by atomic mass is 10.0. The van der Waals surface area contributed by atoms with Gasteiger partial charge in [-0.2, -0.15) is 0 Å². The number of carbonyl (C=O) groups is 4. The lowest BCUT2D eigenvalue weighted by molar-refractivity contribution is -0.151. The second-order valence-corrected chi connectivity index (χ2v) is 18.7. The highest BCUT2D eigenvalue weighted by Gasteiger charge is 2.39. The lowest BCUT2D eigenvalue weighted by Gasteiger charge is -2.22. The molecule has 0 radical (unpaired) electrons. The molecule has 1 aliphatic rings. The molecule has 1 heterocycles. The third-order valence-corrected chi connectivity index (χ3v) is 12.4. The number of nitrogens with zero attached hydrogens (tertiary/aromatic N) is 2. The first-order valence-electron chi connectivity index (χ1n) is 26.3. The topological polar surface area (TPSA) is 112 Å². The predicted molar refractivity (Wildman–Crippen MR) is 261 cm³/mol. The van der Waals surface area contributed by atoms with E-state index in [1.54, 1.807) is 0 Å². The number of esters is 4. The van der Waals surface area contributed by atoms with Crippen LogP contribution in [0.5, 0.6) is 0 Å². The molecule has 1 fully saturated rings. The van der Waals surface area contributed by atoms with Gasteiger partial charge in [0.15, 0.2) is 0 Å². The Morgan fingerprint density at radius 2 is 0.968 bits per heavy atom. The van der Waals surface area contributed by atoms with Crippen LogP contribution in [0.2, 0.25) is 0 Å². The molecule has 1 saturated heterocycles. The lowest BCUT2D eigenvalue weighted by Crippen LogP contribution is -2.38. The molecule has 0 aromatic heterocycles. The smallest absolute Gasteiger partial charge is 0.323 e. The van der Waals surface area contributed by atoms with Gasteiger partial charge in [-0.05, 0) is 78.4 Å². The Balaban J connectivity index is 0.0000384. The number of ether oxygens (including phenoxy) is 4. The molecule has 10 nitrogen and oxygen atoms in total. The summed E-state index contributed by atoms with van der Waals surface area (Å²) in [5.41, 5.74) is 0. The largest absolute Gasteiger partial charge is 0.466 e. The summed E-state index contributed by atoms with van der Waals surface area (Å²) in [5, 5.41) is 0. The average Bonchev–Trinajstić information content (AvgIpc) is 3.65. The van der Waals surface area contributed by atoms with Crippen molar-refractivity contribution in [2.45, 2.75) is 271 Å². The molecule has 0 N–H and O–H groups in total. The third-order valence-electron chi connectivity index (χ3n) is 12.4. The van der Waals surface area contributed by atoms with E-state index in [9.17, 15) is 19.2 Å². The summed E-state index contributed by atoms with van der Waals surface area (Å²) >= 11 is 0. The molecule has 1 aliphatic heterocycles. The molecule has 63 heavy (non-hydrogen) atoms. The Kier molecular flexibility index (Phi) is 42.2. The number of carbonyl (C=O) groups excluding carboxylic acids is 4. The summed E-state index contributed by atoms with van der Waals surface area (Å²) < 4.78 is 23.1.